The van der Waals surface area contributed by atoms with Gasteiger partial charge in [0.15, 0.2) is 6.61 Å². The Hall–Kier alpha value is -2.65. The van der Waals surface area contributed by atoms with Crippen LogP contribution in [-0.4, -0.2) is 35.2 Å². The standard InChI is InChI=1S/C20H21N3O4S2/c1-13-17(14(2)27-23-13)12-29-19-16(6-3-8-22-19)20(25)26-11-18(24)21-9-7-15-5-4-10-28-15/h3-6,8,10H,7,9,11-12H2,1-2H3,(H,21,24). The Balaban J connectivity index is 1.50. The van der Waals surface area contributed by atoms with Gasteiger partial charge < -0.3 is 14.6 Å². The zero-order valence-corrected chi connectivity index (χ0v) is 17.8. The van der Waals surface area contributed by atoms with Gasteiger partial charge in [0, 0.05) is 28.9 Å². The zero-order valence-electron chi connectivity index (χ0n) is 16.1. The van der Waals surface area contributed by atoms with Gasteiger partial charge in [-0.05, 0) is 43.8 Å². The maximum absolute atomic E-state index is 12.4. The Morgan fingerprint density at radius 3 is 2.86 bits per heavy atom. The number of nitrogens with zero attached hydrogens (tertiary/aromatic N) is 2. The third kappa shape index (κ3) is 5.91. The van der Waals surface area contributed by atoms with E-state index in [1.165, 1.54) is 16.6 Å². The largest absolute Gasteiger partial charge is 0.452 e. The predicted octanol–water partition coefficient (Wildman–Crippen LogP) is 3.56. The highest BCUT2D eigenvalue weighted by Crippen LogP contribution is 2.27. The number of ether oxygens (including phenoxy) is 1. The Kier molecular flexibility index (Phi) is 7.42. The van der Waals surface area contributed by atoms with E-state index < -0.39 is 5.97 Å². The molecule has 29 heavy (non-hydrogen) atoms. The monoisotopic (exact) mass is 431 g/mol. The number of amides is 1. The minimum atomic E-state index is -0.576. The van der Waals surface area contributed by atoms with Gasteiger partial charge in [0.25, 0.3) is 5.91 Å². The van der Waals surface area contributed by atoms with Gasteiger partial charge >= 0.3 is 5.97 Å². The Morgan fingerprint density at radius 2 is 2.14 bits per heavy atom. The van der Waals surface area contributed by atoms with Crippen LogP contribution in [0.4, 0.5) is 0 Å². The summed E-state index contributed by atoms with van der Waals surface area (Å²) >= 11 is 3.04. The van der Waals surface area contributed by atoms with Crippen molar-refractivity contribution in [3.63, 3.8) is 0 Å². The van der Waals surface area contributed by atoms with E-state index in [9.17, 15) is 9.59 Å². The van der Waals surface area contributed by atoms with E-state index in [1.54, 1.807) is 29.7 Å². The number of pyridine rings is 1. The third-order valence-corrected chi connectivity index (χ3v) is 6.10. The summed E-state index contributed by atoms with van der Waals surface area (Å²) in [6.45, 7) is 3.89. The summed E-state index contributed by atoms with van der Waals surface area (Å²) < 4.78 is 10.3. The van der Waals surface area contributed by atoms with Gasteiger partial charge in [-0.3, -0.25) is 4.79 Å². The molecule has 0 atom stereocenters. The molecule has 0 aliphatic carbocycles. The molecule has 0 aromatic carbocycles. The van der Waals surface area contributed by atoms with E-state index >= 15 is 0 Å². The van der Waals surface area contributed by atoms with Crippen molar-refractivity contribution in [3.8, 4) is 0 Å². The summed E-state index contributed by atoms with van der Waals surface area (Å²) in [7, 11) is 0. The van der Waals surface area contributed by atoms with Crippen molar-refractivity contribution in [2.45, 2.75) is 31.0 Å². The van der Waals surface area contributed by atoms with Gasteiger partial charge in [0.1, 0.15) is 10.8 Å². The summed E-state index contributed by atoms with van der Waals surface area (Å²) in [6, 6.07) is 7.29. The maximum Gasteiger partial charge on any atom is 0.341 e. The zero-order chi connectivity index (χ0) is 20.6. The third-order valence-electron chi connectivity index (χ3n) is 4.13. The Bertz CT molecular complexity index is 951. The van der Waals surface area contributed by atoms with E-state index in [0.717, 1.165) is 23.4 Å². The van der Waals surface area contributed by atoms with Crippen molar-refractivity contribution in [1.29, 1.82) is 0 Å². The normalized spacial score (nSPS) is 10.7. The molecule has 0 spiro atoms. The average molecular weight is 432 g/mol. The molecule has 3 aromatic rings. The molecular formula is C20H21N3O4S2. The molecule has 0 unspecified atom stereocenters. The summed E-state index contributed by atoms with van der Waals surface area (Å²) in [4.78, 5) is 29.8. The Morgan fingerprint density at radius 1 is 1.28 bits per heavy atom. The summed E-state index contributed by atoms with van der Waals surface area (Å²) in [5, 5.41) is 9.21. The van der Waals surface area contributed by atoms with Crippen LogP contribution in [0, 0.1) is 13.8 Å². The van der Waals surface area contributed by atoms with Crippen molar-refractivity contribution in [2.75, 3.05) is 13.2 Å². The number of carbonyl (C=O) groups excluding carboxylic acids is 2. The second-order valence-electron chi connectivity index (χ2n) is 6.20. The van der Waals surface area contributed by atoms with Gasteiger partial charge in [-0.15, -0.1) is 23.1 Å². The van der Waals surface area contributed by atoms with Crippen LogP contribution in [0.1, 0.15) is 32.3 Å². The molecule has 0 aliphatic rings. The number of hydrogen-bond donors (Lipinski definition) is 1. The Labute approximate surface area is 176 Å². The van der Waals surface area contributed by atoms with E-state index in [-0.39, 0.29) is 12.5 Å². The molecule has 152 valence electrons. The van der Waals surface area contributed by atoms with E-state index in [2.05, 4.69) is 15.5 Å². The lowest BCUT2D eigenvalue weighted by Gasteiger charge is -2.09. The van der Waals surface area contributed by atoms with E-state index in [0.29, 0.717) is 22.9 Å². The van der Waals surface area contributed by atoms with Crippen molar-refractivity contribution in [3.05, 3.63) is 63.3 Å². The average Bonchev–Trinajstić information content (AvgIpc) is 3.35. The lowest BCUT2D eigenvalue weighted by atomic mass is 10.2. The number of aromatic nitrogens is 2. The molecule has 0 aliphatic heterocycles. The predicted molar refractivity (Wildman–Crippen MR) is 111 cm³/mol. The fourth-order valence-electron chi connectivity index (χ4n) is 2.55. The molecule has 0 saturated carbocycles. The number of thiophene rings is 1. The molecule has 0 saturated heterocycles. The molecule has 0 bridgehead atoms. The molecule has 3 aromatic heterocycles. The minimum absolute atomic E-state index is 0.327. The number of thioether (sulfide) groups is 1. The highest BCUT2D eigenvalue weighted by molar-refractivity contribution is 7.98. The molecular weight excluding hydrogens is 410 g/mol. The number of esters is 1. The van der Waals surface area contributed by atoms with Gasteiger partial charge in [-0.2, -0.15) is 0 Å². The lowest BCUT2D eigenvalue weighted by Crippen LogP contribution is -2.30. The van der Waals surface area contributed by atoms with Crippen LogP contribution in [0.5, 0.6) is 0 Å². The van der Waals surface area contributed by atoms with Crippen LogP contribution in [0.15, 0.2) is 45.4 Å². The molecule has 7 nitrogen and oxygen atoms in total. The first kappa shape index (κ1) is 21.1. The molecule has 0 radical (unpaired) electrons. The summed E-state index contributed by atoms with van der Waals surface area (Å²) in [5.74, 6) is 0.410. The second-order valence-corrected chi connectivity index (χ2v) is 8.20. The van der Waals surface area contributed by atoms with Crippen LogP contribution >= 0.6 is 23.1 Å². The van der Waals surface area contributed by atoms with Gasteiger partial charge in [-0.1, -0.05) is 11.2 Å². The molecule has 1 N–H and O–H groups in total. The van der Waals surface area contributed by atoms with Crippen molar-refractivity contribution in [1.82, 2.24) is 15.5 Å². The first-order valence-corrected chi connectivity index (χ1v) is 10.9. The van der Waals surface area contributed by atoms with E-state index in [1.807, 2.05) is 31.4 Å². The van der Waals surface area contributed by atoms with Crippen LogP contribution in [0.3, 0.4) is 0 Å². The second kappa shape index (κ2) is 10.2. The number of rotatable bonds is 9. The lowest BCUT2D eigenvalue weighted by molar-refractivity contribution is -0.124. The van der Waals surface area contributed by atoms with Crippen LogP contribution < -0.4 is 5.32 Å². The minimum Gasteiger partial charge on any atom is -0.452 e. The smallest absolute Gasteiger partial charge is 0.341 e. The number of hydrogen-bond acceptors (Lipinski definition) is 8. The maximum atomic E-state index is 12.4. The number of aryl methyl sites for hydroxylation is 2. The summed E-state index contributed by atoms with van der Waals surface area (Å²) in [6.07, 6.45) is 2.37. The number of carbonyl (C=O) groups is 2. The van der Waals surface area contributed by atoms with Gasteiger partial charge in [0.05, 0.1) is 11.3 Å². The van der Waals surface area contributed by atoms with E-state index in [4.69, 9.17) is 9.26 Å². The highest BCUT2D eigenvalue weighted by Gasteiger charge is 2.17. The SMILES string of the molecule is Cc1noc(C)c1CSc1ncccc1C(=O)OCC(=O)NCCc1cccs1. The molecule has 9 heteroatoms. The van der Waals surface area contributed by atoms with Crippen molar-refractivity contribution >= 4 is 35.0 Å². The molecule has 3 rings (SSSR count). The first-order chi connectivity index (χ1) is 14.0. The first-order valence-electron chi connectivity index (χ1n) is 9.00. The number of nitrogens with one attached hydrogen (secondary N) is 1. The van der Waals surface area contributed by atoms with Crippen LogP contribution in [-0.2, 0) is 21.7 Å². The highest BCUT2D eigenvalue weighted by atomic mass is 32.2. The molecule has 0 fully saturated rings. The fraction of sp³-hybridized carbons (Fsp3) is 0.300. The van der Waals surface area contributed by atoms with Gasteiger partial charge in [0.2, 0.25) is 0 Å². The van der Waals surface area contributed by atoms with Crippen molar-refractivity contribution < 1.29 is 18.8 Å². The summed E-state index contributed by atoms with van der Waals surface area (Å²) in [5.41, 5.74) is 2.12. The van der Waals surface area contributed by atoms with Crippen LogP contribution in [0.2, 0.25) is 0 Å². The van der Waals surface area contributed by atoms with Crippen LogP contribution in [0.25, 0.3) is 0 Å². The molecule has 1 amide bonds. The quantitative estimate of drug-likeness (QED) is 0.409. The van der Waals surface area contributed by atoms with Crippen molar-refractivity contribution in [2.24, 2.45) is 0 Å². The van der Waals surface area contributed by atoms with Gasteiger partial charge in [-0.25, -0.2) is 9.78 Å². The molecule has 3 heterocycles. The fourth-order valence-corrected chi connectivity index (χ4v) is 4.39. The topological polar surface area (TPSA) is 94.3 Å².